The van der Waals surface area contributed by atoms with Gasteiger partial charge in [-0.15, -0.1) is 0 Å². The van der Waals surface area contributed by atoms with E-state index >= 15 is 0 Å². The van der Waals surface area contributed by atoms with Crippen LogP contribution in [0.2, 0.25) is 10.0 Å². The number of rotatable bonds is 5. The fourth-order valence-corrected chi connectivity index (χ4v) is 1.94. The second-order valence-electron chi connectivity index (χ2n) is 4.00. The molecule has 1 aromatic rings. The minimum absolute atomic E-state index is 0.347. The highest BCUT2D eigenvalue weighted by Gasteiger charge is 2.11. The lowest BCUT2D eigenvalue weighted by Crippen LogP contribution is -2.40. The van der Waals surface area contributed by atoms with Crippen LogP contribution in [0.15, 0.2) is 18.2 Å². The molecule has 0 heterocycles. The van der Waals surface area contributed by atoms with Crippen LogP contribution in [0.3, 0.4) is 0 Å². The minimum atomic E-state index is -0.626. The predicted octanol–water partition coefficient (Wildman–Crippen LogP) is 2.18. The number of hydrogen-bond donors (Lipinski definition) is 2. The molecule has 4 nitrogen and oxygen atoms in total. The third-order valence-corrected chi connectivity index (χ3v) is 3.02. The Balaban J connectivity index is 2.37. The van der Waals surface area contributed by atoms with Crippen molar-refractivity contribution in [2.45, 2.75) is 19.8 Å². The second kappa shape index (κ2) is 8.02. The molecule has 0 fully saturated rings. The van der Waals surface area contributed by atoms with Gasteiger partial charge in [0.2, 0.25) is 0 Å². The van der Waals surface area contributed by atoms with E-state index in [1.165, 1.54) is 0 Å². The molecule has 0 aliphatic carbocycles. The summed E-state index contributed by atoms with van der Waals surface area (Å²) in [6, 6.07) is 5.18. The van der Waals surface area contributed by atoms with Gasteiger partial charge in [0.05, 0.1) is 0 Å². The molecule has 2 N–H and O–H groups in total. The summed E-state index contributed by atoms with van der Waals surface area (Å²) in [5, 5.41) is 6.16. The molecule has 0 saturated heterocycles. The maximum Gasteiger partial charge on any atom is 0.309 e. The van der Waals surface area contributed by atoms with Crippen molar-refractivity contribution >= 4 is 35.0 Å². The topological polar surface area (TPSA) is 58.2 Å². The molecule has 6 heteroatoms. The molecule has 1 rings (SSSR count). The van der Waals surface area contributed by atoms with Gasteiger partial charge in [0.25, 0.3) is 0 Å². The van der Waals surface area contributed by atoms with E-state index in [0.29, 0.717) is 29.6 Å². The molecule has 0 aromatic heterocycles. The molecule has 0 aliphatic rings. The summed E-state index contributed by atoms with van der Waals surface area (Å²) in [6.07, 6.45) is 1.34. The number of benzene rings is 1. The number of carbonyl (C=O) groups excluding carboxylic acids is 2. The Hall–Kier alpha value is -1.26. The van der Waals surface area contributed by atoms with E-state index in [1.54, 1.807) is 18.2 Å². The lowest BCUT2D eigenvalue weighted by atomic mass is 10.1. The van der Waals surface area contributed by atoms with Crippen molar-refractivity contribution in [3.63, 3.8) is 0 Å². The van der Waals surface area contributed by atoms with Gasteiger partial charge in [0.15, 0.2) is 0 Å². The molecular formula is C13H16Cl2N2O2. The summed E-state index contributed by atoms with van der Waals surface area (Å²) in [6.45, 7) is 2.76. The normalized spacial score (nSPS) is 10.1. The first kappa shape index (κ1) is 15.8. The molecular weight excluding hydrogens is 287 g/mol. The van der Waals surface area contributed by atoms with Crippen LogP contribution >= 0.6 is 23.2 Å². The quantitative estimate of drug-likeness (QED) is 0.819. The highest BCUT2D eigenvalue weighted by Crippen LogP contribution is 2.20. The number of nitrogens with one attached hydrogen (secondary N) is 2. The van der Waals surface area contributed by atoms with E-state index in [0.717, 1.165) is 12.0 Å². The Labute approximate surface area is 122 Å². The Bertz CT molecular complexity index is 464. The van der Waals surface area contributed by atoms with Crippen molar-refractivity contribution in [3.8, 4) is 0 Å². The largest absolute Gasteiger partial charge is 0.348 e. The van der Waals surface area contributed by atoms with E-state index in [2.05, 4.69) is 10.6 Å². The third kappa shape index (κ3) is 5.49. The predicted molar refractivity (Wildman–Crippen MR) is 76.5 cm³/mol. The van der Waals surface area contributed by atoms with Crippen LogP contribution in [0.4, 0.5) is 0 Å². The smallest absolute Gasteiger partial charge is 0.309 e. The average Bonchev–Trinajstić information content (AvgIpc) is 2.38. The molecule has 0 radical (unpaired) electrons. The second-order valence-corrected chi connectivity index (χ2v) is 4.84. The standard InChI is InChI=1S/C13H16Cl2N2O2/c1-2-6-16-12(18)13(19)17-7-5-9-3-4-10(14)8-11(9)15/h3-4,8H,2,5-7H2,1H3,(H,16,18)(H,17,19). The Morgan fingerprint density at radius 1 is 1.11 bits per heavy atom. The summed E-state index contributed by atoms with van der Waals surface area (Å²) >= 11 is 11.8. The first-order chi connectivity index (χ1) is 9.04. The van der Waals surface area contributed by atoms with Crippen LogP contribution in [0.1, 0.15) is 18.9 Å². The van der Waals surface area contributed by atoms with Crippen molar-refractivity contribution in [1.29, 1.82) is 0 Å². The molecule has 19 heavy (non-hydrogen) atoms. The van der Waals surface area contributed by atoms with Gasteiger partial charge in [-0.25, -0.2) is 0 Å². The van der Waals surface area contributed by atoms with Crippen LogP contribution in [0, 0.1) is 0 Å². The van der Waals surface area contributed by atoms with Gasteiger partial charge in [0, 0.05) is 23.1 Å². The van der Waals surface area contributed by atoms with Crippen molar-refractivity contribution in [2.75, 3.05) is 13.1 Å². The molecule has 104 valence electrons. The first-order valence-electron chi connectivity index (χ1n) is 6.04. The highest BCUT2D eigenvalue weighted by atomic mass is 35.5. The lowest BCUT2D eigenvalue weighted by Gasteiger charge is -2.07. The van der Waals surface area contributed by atoms with E-state index in [4.69, 9.17) is 23.2 Å². The molecule has 0 unspecified atom stereocenters. The van der Waals surface area contributed by atoms with Crippen molar-refractivity contribution in [2.24, 2.45) is 0 Å². The number of halogens is 2. The fraction of sp³-hybridized carbons (Fsp3) is 0.385. The first-order valence-corrected chi connectivity index (χ1v) is 6.80. The summed E-state index contributed by atoms with van der Waals surface area (Å²) in [4.78, 5) is 22.7. The monoisotopic (exact) mass is 302 g/mol. The molecule has 1 aromatic carbocycles. The Kier molecular flexibility index (Phi) is 6.67. The van der Waals surface area contributed by atoms with Gasteiger partial charge in [-0.1, -0.05) is 36.2 Å². The van der Waals surface area contributed by atoms with Crippen molar-refractivity contribution < 1.29 is 9.59 Å². The van der Waals surface area contributed by atoms with E-state index < -0.39 is 11.8 Å². The molecule has 2 amide bonds. The van der Waals surface area contributed by atoms with Crippen molar-refractivity contribution in [1.82, 2.24) is 10.6 Å². The summed E-state index contributed by atoms with van der Waals surface area (Å²) in [7, 11) is 0. The molecule has 0 bridgehead atoms. The number of amides is 2. The Morgan fingerprint density at radius 3 is 2.32 bits per heavy atom. The van der Waals surface area contributed by atoms with E-state index in [9.17, 15) is 9.59 Å². The van der Waals surface area contributed by atoms with Crippen LogP contribution in [-0.2, 0) is 16.0 Å². The molecule has 0 atom stereocenters. The van der Waals surface area contributed by atoms with E-state index in [1.807, 2.05) is 6.92 Å². The number of hydrogen-bond acceptors (Lipinski definition) is 2. The SMILES string of the molecule is CCCNC(=O)C(=O)NCCc1ccc(Cl)cc1Cl. The zero-order valence-electron chi connectivity index (χ0n) is 10.6. The highest BCUT2D eigenvalue weighted by molar-refractivity contribution is 6.35. The van der Waals surface area contributed by atoms with Crippen molar-refractivity contribution in [3.05, 3.63) is 33.8 Å². The van der Waals surface area contributed by atoms with Gasteiger partial charge in [0.1, 0.15) is 0 Å². The summed E-state index contributed by atoms with van der Waals surface area (Å²) in [5.74, 6) is -1.23. The lowest BCUT2D eigenvalue weighted by molar-refractivity contribution is -0.139. The van der Waals surface area contributed by atoms with Crippen LogP contribution in [0.25, 0.3) is 0 Å². The van der Waals surface area contributed by atoms with Gasteiger partial charge in [-0.05, 0) is 30.5 Å². The third-order valence-electron chi connectivity index (χ3n) is 2.44. The summed E-state index contributed by atoms with van der Waals surface area (Å²) in [5.41, 5.74) is 0.875. The van der Waals surface area contributed by atoms with E-state index in [-0.39, 0.29) is 0 Å². The maximum atomic E-state index is 11.4. The van der Waals surface area contributed by atoms with Crippen LogP contribution < -0.4 is 10.6 Å². The maximum absolute atomic E-state index is 11.4. The van der Waals surface area contributed by atoms with Crippen LogP contribution in [0.5, 0.6) is 0 Å². The zero-order chi connectivity index (χ0) is 14.3. The van der Waals surface area contributed by atoms with Gasteiger partial charge in [-0.2, -0.15) is 0 Å². The molecule has 0 saturated carbocycles. The van der Waals surface area contributed by atoms with Gasteiger partial charge >= 0.3 is 11.8 Å². The van der Waals surface area contributed by atoms with Gasteiger partial charge in [-0.3, -0.25) is 9.59 Å². The summed E-state index contributed by atoms with van der Waals surface area (Å²) < 4.78 is 0. The zero-order valence-corrected chi connectivity index (χ0v) is 12.1. The van der Waals surface area contributed by atoms with Crippen LogP contribution in [-0.4, -0.2) is 24.9 Å². The molecule has 0 aliphatic heterocycles. The average molecular weight is 303 g/mol. The molecule has 0 spiro atoms. The number of carbonyl (C=O) groups is 2. The minimum Gasteiger partial charge on any atom is -0.348 e. The van der Waals surface area contributed by atoms with Gasteiger partial charge < -0.3 is 10.6 Å². The fourth-order valence-electron chi connectivity index (χ4n) is 1.43. The Morgan fingerprint density at radius 2 is 1.74 bits per heavy atom.